The first-order chi connectivity index (χ1) is 8.09. The van der Waals surface area contributed by atoms with Gasteiger partial charge in [0.2, 0.25) is 0 Å². The van der Waals surface area contributed by atoms with Gasteiger partial charge in [0.1, 0.15) is 0 Å². The predicted molar refractivity (Wildman–Crippen MR) is 70.8 cm³/mol. The van der Waals surface area contributed by atoms with Crippen molar-refractivity contribution in [1.29, 1.82) is 0 Å². The van der Waals surface area contributed by atoms with Crippen molar-refractivity contribution in [2.75, 3.05) is 13.2 Å². The summed E-state index contributed by atoms with van der Waals surface area (Å²) in [6.45, 7) is 1.31. The van der Waals surface area contributed by atoms with E-state index < -0.39 is 17.6 Å². The van der Waals surface area contributed by atoms with Crippen LogP contribution in [0.4, 0.5) is 4.39 Å². The number of phenols is 1. The maximum Gasteiger partial charge on any atom is 0.166 e. The van der Waals surface area contributed by atoms with Gasteiger partial charge in [-0.15, -0.1) is 12.4 Å². The second-order valence-corrected chi connectivity index (χ2v) is 4.74. The molecule has 18 heavy (non-hydrogen) atoms. The van der Waals surface area contributed by atoms with Crippen molar-refractivity contribution in [3.05, 3.63) is 28.5 Å². The van der Waals surface area contributed by atoms with E-state index in [1.54, 1.807) is 0 Å². The molecule has 3 nitrogen and oxygen atoms in total. The van der Waals surface area contributed by atoms with Gasteiger partial charge in [-0.2, -0.15) is 0 Å². The van der Waals surface area contributed by atoms with Gasteiger partial charge in [0, 0.05) is 29.8 Å². The van der Waals surface area contributed by atoms with Crippen LogP contribution < -0.4 is 5.73 Å². The van der Waals surface area contributed by atoms with Gasteiger partial charge in [-0.05, 0) is 30.9 Å². The van der Waals surface area contributed by atoms with E-state index in [-0.39, 0.29) is 23.3 Å². The van der Waals surface area contributed by atoms with Gasteiger partial charge in [0.15, 0.2) is 11.6 Å². The van der Waals surface area contributed by atoms with Crippen LogP contribution in [0.15, 0.2) is 12.1 Å². The van der Waals surface area contributed by atoms with Crippen LogP contribution in [0.1, 0.15) is 24.4 Å². The summed E-state index contributed by atoms with van der Waals surface area (Å²) in [6.07, 6.45) is 1.63. The number of aromatic hydroxyl groups is 1. The Morgan fingerprint density at radius 3 is 2.61 bits per heavy atom. The molecule has 0 radical (unpaired) electrons. The summed E-state index contributed by atoms with van der Waals surface area (Å²) in [5.41, 5.74) is 6.44. The molecule has 1 aromatic rings. The van der Waals surface area contributed by atoms with E-state index in [0.717, 1.165) is 18.9 Å². The third-order valence-corrected chi connectivity index (χ3v) is 3.41. The molecule has 3 N–H and O–H groups in total. The minimum atomic E-state index is -0.727. The molecular weight excluding hydrogens is 280 g/mol. The van der Waals surface area contributed by atoms with Gasteiger partial charge in [-0.25, -0.2) is 4.39 Å². The molecule has 0 aromatic heterocycles. The fourth-order valence-electron chi connectivity index (χ4n) is 2.17. The number of hydrogen-bond acceptors (Lipinski definition) is 3. The number of nitrogens with two attached hydrogens (primary N) is 1. The van der Waals surface area contributed by atoms with Gasteiger partial charge in [0.05, 0.1) is 0 Å². The third-order valence-electron chi connectivity index (χ3n) is 3.19. The standard InChI is InChI=1S/C12H15ClFNO2.ClH/c13-8-5-9(12(16)10(14)6-8)11(15)7-1-3-17-4-2-7;/h5-7,11,16H,1-4,15H2;1H/t11-;/m0./s1. The average Bonchev–Trinajstić information content (AvgIpc) is 2.34. The topological polar surface area (TPSA) is 55.5 Å². The SMILES string of the molecule is Cl.N[C@H](c1cc(Cl)cc(F)c1O)C1CCOCC1. The first-order valence-corrected chi connectivity index (χ1v) is 5.98. The zero-order valence-corrected chi connectivity index (χ0v) is 11.3. The Kier molecular flexibility index (Phi) is 5.66. The second-order valence-electron chi connectivity index (χ2n) is 4.30. The fraction of sp³-hybridized carbons (Fsp3) is 0.500. The van der Waals surface area contributed by atoms with E-state index in [2.05, 4.69) is 0 Å². The molecule has 0 saturated carbocycles. The molecule has 0 unspecified atom stereocenters. The van der Waals surface area contributed by atoms with Crippen molar-refractivity contribution in [2.24, 2.45) is 11.7 Å². The predicted octanol–water partition coefficient (Wildman–Crippen LogP) is 3.03. The van der Waals surface area contributed by atoms with Crippen molar-refractivity contribution in [3.63, 3.8) is 0 Å². The quantitative estimate of drug-likeness (QED) is 0.882. The second kappa shape index (κ2) is 6.57. The van der Waals surface area contributed by atoms with Crippen molar-refractivity contribution in [3.8, 4) is 5.75 Å². The summed E-state index contributed by atoms with van der Waals surface area (Å²) in [6, 6.07) is 2.20. The van der Waals surface area contributed by atoms with E-state index in [9.17, 15) is 9.50 Å². The zero-order chi connectivity index (χ0) is 12.4. The molecule has 1 aliphatic rings. The average molecular weight is 296 g/mol. The summed E-state index contributed by atoms with van der Waals surface area (Å²) < 4.78 is 18.6. The molecule has 1 fully saturated rings. The molecule has 2 rings (SSSR count). The first-order valence-electron chi connectivity index (χ1n) is 5.61. The number of halogens is 3. The Balaban J connectivity index is 0.00000162. The van der Waals surface area contributed by atoms with Crippen molar-refractivity contribution in [1.82, 2.24) is 0 Å². The lowest BCUT2D eigenvalue weighted by molar-refractivity contribution is 0.0580. The minimum Gasteiger partial charge on any atom is -0.505 e. The molecule has 1 aliphatic heterocycles. The number of hydrogen-bond donors (Lipinski definition) is 2. The number of benzene rings is 1. The van der Waals surface area contributed by atoms with Crippen molar-refractivity contribution < 1.29 is 14.2 Å². The molecule has 0 amide bonds. The summed E-state index contributed by atoms with van der Waals surface area (Å²) >= 11 is 5.77. The van der Waals surface area contributed by atoms with Crippen LogP contribution in [0, 0.1) is 11.7 Å². The van der Waals surface area contributed by atoms with Crippen molar-refractivity contribution in [2.45, 2.75) is 18.9 Å². The normalized spacial score (nSPS) is 18.2. The molecular formula is C12H16Cl2FNO2. The van der Waals surface area contributed by atoms with E-state index >= 15 is 0 Å². The molecule has 0 spiro atoms. The van der Waals surface area contributed by atoms with Crippen LogP contribution in [0.2, 0.25) is 5.02 Å². The number of phenolic OH excluding ortho intramolecular Hbond substituents is 1. The van der Waals surface area contributed by atoms with Crippen LogP contribution in [-0.4, -0.2) is 18.3 Å². The van der Waals surface area contributed by atoms with Crippen LogP contribution in [0.3, 0.4) is 0 Å². The number of rotatable bonds is 2. The Morgan fingerprint density at radius 2 is 2.00 bits per heavy atom. The van der Waals surface area contributed by atoms with E-state index in [0.29, 0.717) is 18.8 Å². The van der Waals surface area contributed by atoms with Gasteiger partial charge < -0.3 is 15.6 Å². The Labute approximate surface area is 116 Å². The molecule has 1 heterocycles. The van der Waals surface area contributed by atoms with Gasteiger partial charge >= 0.3 is 0 Å². The van der Waals surface area contributed by atoms with Crippen LogP contribution >= 0.6 is 24.0 Å². The number of ether oxygens (including phenoxy) is 1. The lowest BCUT2D eigenvalue weighted by Gasteiger charge is -2.28. The fourth-order valence-corrected chi connectivity index (χ4v) is 2.38. The van der Waals surface area contributed by atoms with Gasteiger partial charge in [-0.3, -0.25) is 0 Å². The molecule has 1 atom stereocenters. The highest BCUT2D eigenvalue weighted by Gasteiger charge is 2.25. The Bertz CT molecular complexity index is 411. The smallest absolute Gasteiger partial charge is 0.166 e. The maximum atomic E-state index is 13.4. The zero-order valence-electron chi connectivity index (χ0n) is 9.73. The lowest BCUT2D eigenvalue weighted by atomic mass is 9.87. The molecule has 102 valence electrons. The lowest BCUT2D eigenvalue weighted by Crippen LogP contribution is -2.27. The van der Waals surface area contributed by atoms with E-state index in [1.807, 2.05) is 0 Å². The summed E-state index contributed by atoms with van der Waals surface area (Å²) in [7, 11) is 0. The molecule has 1 aromatic carbocycles. The molecule has 0 bridgehead atoms. The monoisotopic (exact) mass is 295 g/mol. The molecule has 6 heteroatoms. The summed E-state index contributed by atoms with van der Waals surface area (Å²) in [5.74, 6) is -0.934. The summed E-state index contributed by atoms with van der Waals surface area (Å²) in [4.78, 5) is 0. The van der Waals surface area contributed by atoms with Crippen LogP contribution in [-0.2, 0) is 4.74 Å². The van der Waals surface area contributed by atoms with E-state index in [1.165, 1.54) is 6.07 Å². The van der Waals surface area contributed by atoms with Gasteiger partial charge in [0.25, 0.3) is 0 Å². The molecule has 0 aliphatic carbocycles. The third kappa shape index (κ3) is 3.26. The Hall–Kier alpha value is -0.550. The summed E-state index contributed by atoms with van der Waals surface area (Å²) in [5, 5.41) is 9.93. The van der Waals surface area contributed by atoms with Crippen molar-refractivity contribution >= 4 is 24.0 Å². The van der Waals surface area contributed by atoms with Gasteiger partial charge in [-0.1, -0.05) is 11.6 Å². The molecule has 1 saturated heterocycles. The highest BCUT2D eigenvalue weighted by molar-refractivity contribution is 6.30. The first kappa shape index (κ1) is 15.5. The minimum absolute atomic E-state index is 0. The Morgan fingerprint density at radius 1 is 1.39 bits per heavy atom. The van der Waals surface area contributed by atoms with Crippen LogP contribution in [0.5, 0.6) is 5.75 Å². The highest BCUT2D eigenvalue weighted by Crippen LogP contribution is 2.35. The highest BCUT2D eigenvalue weighted by atomic mass is 35.5. The largest absolute Gasteiger partial charge is 0.505 e. The maximum absolute atomic E-state index is 13.4. The van der Waals surface area contributed by atoms with Crippen LogP contribution in [0.25, 0.3) is 0 Å². The van der Waals surface area contributed by atoms with E-state index in [4.69, 9.17) is 22.1 Å².